The Hall–Kier alpha value is -1.53. The highest BCUT2D eigenvalue weighted by Crippen LogP contribution is 2.34. The molecule has 0 saturated carbocycles. The summed E-state index contributed by atoms with van der Waals surface area (Å²) in [5, 5.41) is 10.9. The van der Waals surface area contributed by atoms with Gasteiger partial charge in [-0.15, -0.1) is 0 Å². The number of aliphatic hydroxyl groups is 1. The summed E-state index contributed by atoms with van der Waals surface area (Å²) in [4.78, 5) is 11.3. The smallest absolute Gasteiger partial charge is 0.395 e. The summed E-state index contributed by atoms with van der Waals surface area (Å²) in [5.74, 6) is -0.920. The third-order valence-electron chi connectivity index (χ3n) is 2.15. The molecule has 7 heteroatoms. The monoisotopic (exact) mass is 293 g/mol. The number of amides is 1. The van der Waals surface area contributed by atoms with Crippen LogP contribution < -0.4 is 5.32 Å². The third-order valence-corrected chi connectivity index (χ3v) is 2.40. The lowest BCUT2D eigenvalue weighted by molar-refractivity contribution is -0.117. The van der Waals surface area contributed by atoms with Gasteiger partial charge >= 0.3 is 6.18 Å². The summed E-state index contributed by atoms with van der Waals surface area (Å²) in [7, 11) is 0. The second-order valence-corrected chi connectivity index (χ2v) is 4.01. The van der Waals surface area contributed by atoms with Gasteiger partial charge in [0.25, 0.3) is 0 Å². The van der Waals surface area contributed by atoms with Crippen LogP contribution in [0.1, 0.15) is 5.56 Å². The van der Waals surface area contributed by atoms with Gasteiger partial charge in [-0.2, -0.15) is 13.2 Å². The first-order valence-corrected chi connectivity index (χ1v) is 5.66. The molecule has 0 atom stereocenters. The minimum Gasteiger partial charge on any atom is -0.395 e. The van der Waals surface area contributed by atoms with E-state index < -0.39 is 17.7 Å². The largest absolute Gasteiger partial charge is 0.417 e. The minimum absolute atomic E-state index is 0.110. The molecule has 1 aromatic carbocycles. The van der Waals surface area contributed by atoms with E-state index in [-0.39, 0.29) is 18.7 Å². The lowest BCUT2D eigenvalue weighted by Crippen LogP contribution is -2.26. The normalized spacial score (nSPS) is 12.4. The van der Waals surface area contributed by atoms with Crippen molar-refractivity contribution in [3.05, 3.63) is 40.9 Å². The Morgan fingerprint density at radius 3 is 2.37 bits per heavy atom. The van der Waals surface area contributed by atoms with Crippen LogP contribution in [0.15, 0.2) is 30.3 Å². The molecule has 2 N–H and O–H groups in total. The molecular formula is C12H11ClF3NO2. The molecule has 0 fully saturated rings. The number of rotatable bonds is 4. The van der Waals surface area contributed by atoms with Gasteiger partial charge in [0, 0.05) is 17.6 Å². The highest BCUT2D eigenvalue weighted by Gasteiger charge is 2.35. The molecule has 1 aromatic rings. The molecule has 0 aliphatic heterocycles. The van der Waals surface area contributed by atoms with Gasteiger partial charge in [-0.25, -0.2) is 0 Å². The van der Waals surface area contributed by atoms with Gasteiger partial charge < -0.3 is 10.4 Å². The zero-order valence-corrected chi connectivity index (χ0v) is 10.4. The molecule has 104 valence electrons. The first kappa shape index (κ1) is 15.5. The number of halogens is 4. The van der Waals surface area contributed by atoms with E-state index in [2.05, 4.69) is 5.32 Å². The van der Waals surface area contributed by atoms with Crippen LogP contribution >= 0.6 is 11.6 Å². The van der Waals surface area contributed by atoms with Gasteiger partial charge in [-0.05, 0) is 17.7 Å². The number of carbonyl (C=O) groups is 1. The van der Waals surface area contributed by atoms with Crippen LogP contribution in [0.4, 0.5) is 13.2 Å². The maximum Gasteiger partial charge on any atom is 0.417 e. The van der Waals surface area contributed by atoms with Gasteiger partial charge in [0.05, 0.1) is 12.2 Å². The van der Waals surface area contributed by atoms with E-state index in [0.29, 0.717) is 11.1 Å². The molecule has 0 unspecified atom stereocenters. The summed E-state index contributed by atoms with van der Waals surface area (Å²) in [6, 6.07) is 4.98. The van der Waals surface area contributed by atoms with Crippen LogP contribution in [0.5, 0.6) is 0 Å². The molecule has 0 saturated heterocycles. The molecule has 0 bridgehead atoms. The van der Waals surface area contributed by atoms with Crippen LogP contribution in [-0.2, 0) is 4.79 Å². The van der Waals surface area contributed by atoms with Crippen molar-refractivity contribution < 1.29 is 23.1 Å². The van der Waals surface area contributed by atoms with Crippen LogP contribution in [0.2, 0.25) is 5.02 Å². The average molecular weight is 294 g/mol. The molecule has 3 nitrogen and oxygen atoms in total. The van der Waals surface area contributed by atoms with E-state index >= 15 is 0 Å². The maximum absolute atomic E-state index is 12.9. The first-order chi connectivity index (χ1) is 8.84. The highest BCUT2D eigenvalue weighted by atomic mass is 35.5. The Bertz CT molecular complexity index is 469. The lowest BCUT2D eigenvalue weighted by Gasteiger charge is -2.12. The van der Waals surface area contributed by atoms with Crippen molar-refractivity contribution in [2.24, 2.45) is 0 Å². The summed E-state index contributed by atoms with van der Waals surface area (Å²) in [6.45, 7) is -0.455. The number of alkyl halides is 3. The third kappa shape index (κ3) is 4.92. The number of carbonyl (C=O) groups excluding carboxylic acids is 1. The van der Waals surface area contributed by atoms with Gasteiger partial charge in [0.15, 0.2) is 0 Å². The second-order valence-electron chi connectivity index (χ2n) is 3.58. The number of allylic oxidation sites excluding steroid dienone is 1. The fraction of sp³-hybridized carbons (Fsp3) is 0.250. The minimum atomic E-state index is -4.66. The van der Waals surface area contributed by atoms with Crippen molar-refractivity contribution >= 4 is 23.1 Å². The van der Waals surface area contributed by atoms with Crippen LogP contribution in [0.3, 0.4) is 0 Å². The van der Waals surface area contributed by atoms with Crippen LogP contribution in [-0.4, -0.2) is 30.3 Å². The summed E-state index contributed by atoms with van der Waals surface area (Å²) in [5.41, 5.74) is -1.23. The quantitative estimate of drug-likeness (QED) is 0.838. The summed E-state index contributed by atoms with van der Waals surface area (Å²) < 4.78 is 38.6. The van der Waals surface area contributed by atoms with E-state index in [1.54, 1.807) is 0 Å². The molecule has 1 amide bonds. The Balaban J connectivity index is 3.05. The zero-order valence-electron chi connectivity index (χ0n) is 9.67. The highest BCUT2D eigenvalue weighted by molar-refractivity contribution is 6.30. The Labute approximate surface area is 112 Å². The van der Waals surface area contributed by atoms with E-state index in [4.69, 9.17) is 16.7 Å². The van der Waals surface area contributed by atoms with Crippen LogP contribution in [0.25, 0.3) is 5.57 Å². The number of benzene rings is 1. The second kappa shape index (κ2) is 6.58. The molecular weight excluding hydrogens is 283 g/mol. The zero-order chi connectivity index (χ0) is 14.5. The van der Waals surface area contributed by atoms with Gasteiger partial charge in [0.2, 0.25) is 5.91 Å². The van der Waals surface area contributed by atoms with Crippen LogP contribution in [0, 0.1) is 0 Å². The van der Waals surface area contributed by atoms with Crippen molar-refractivity contribution in [1.82, 2.24) is 5.32 Å². The van der Waals surface area contributed by atoms with Crippen molar-refractivity contribution in [2.45, 2.75) is 6.18 Å². The standard InChI is InChI=1S/C12H11ClF3NO2/c13-9-3-1-8(2-4-9)10(12(14,15)16)7-11(19)17-5-6-18/h1-4,7,18H,5-6H2,(H,17,19)/b10-7-. The number of hydrogen-bond acceptors (Lipinski definition) is 2. The Morgan fingerprint density at radius 1 is 1.32 bits per heavy atom. The predicted octanol–water partition coefficient (Wildman–Crippen LogP) is 2.39. The van der Waals surface area contributed by atoms with E-state index in [9.17, 15) is 18.0 Å². The van der Waals surface area contributed by atoms with Gasteiger partial charge in [-0.3, -0.25) is 4.79 Å². The Morgan fingerprint density at radius 2 is 1.89 bits per heavy atom. The SMILES string of the molecule is O=C(/C=C(/c1ccc(Cl)cc1)C(F)(F)F)NCCO. The predicted molar refractivity (Wildman–Crippen MR) is 65.6 cm³/mol. The van der Waals surface area contributed by atoms with Gasteiger partial charge in [0.1, 0.15) is 0 Å². The molecule has 0 spiro atoms. The molecule has 0 heterocycles. The fourth-order valence-electron chi connectivity index (χ4n) is 1.32. The maximum atomic E-state index is 12.9. The molecule has 0 aliphatic rings. The average Bonchev–Trinajstić information content (AvgIpc) is 2.33. The van der Waals surface area contributed by atoms with E-state index in [1.165, 1.54) is 24.3 Å². The lowest BCUT2D eigenvalue weighted by atomic mass is 10.1. The molecule has 0 aromatic heterocycles. The fourth-order valence-corrected chi connectivity index (χ4v) is 1.45. The summed E-state index contributed by atoms with van der Waals surface area (Å²) >= 11 is 5.60. The van der Waals surface area contributed by atoms with Crippen molar-refractivity contribution in [3.63, 3.8) is 0 Å². The Kier molecular flexibility index (Phi) is 5.38. The number of aliphatic hydroxyl groups excluding tert-OH is 1. The molecule has 1 rings (SSSR count). The van der Waals surface area contributed by atoms with Crippen molar-refractivity contribution in [3.8, 4) is 0 Å². The van der Waals surface area contributed by atoms with Crippen molar-refractivity contribution in [1.29, 1.82) is 0 Å². The number of nitrogens with one attached hydrogen (secondary N) is 1. The van der Waals surface area contributed by atoms with E-state index in [1.807, 2.05) is 0 Å². The van der Waals surface area contributed by atoms with E-state index in [0.717, 1.165) is 0 Å². The molecule has 19 heavy (non-hydrogen) atoms. The molecule has 0 radical (unpaired) electrons. The topological polar surface area (TPSA) is 49.3 Å². The van der Waals surface area contributed by atoms with Gasteiger partial charge in [-0.1, -0.05) is 23.7 Å². The van der Waals surface area contributed by atoms with Crippen molar-refractivity contribution in [2.75, 3.05) is 13.2 Å². The molecule has 0 aliphatic carbocycles. The first-order valence-electron chi connectivity index (χ1n) is 5.28. The number of hydrogen-bond donors (Lipinski definition) is 2. The summed E-state index contributed by atoms with van der Waals surface area (Å²) in [6.07, 6.45) is -4.21.